The molecule has 4 nitrogen and oxygen atoms in total. The minimum atomic E-state index is 0.0653. The number of aromatic nitrogens is 3. The van der Waals surface area contributed by atoms with Gasteiger partial charge in [-0.3, -0.25) is 4.79 Å². The zero-order chi connectivity index (χ0) is 11.1. The molecule has 0 fully saturated rings. The van der Waals surface area contributed by atoms with Crippen molar-refractivity contribution in [2.75, 3.05) is 0 Å². The largest absolute Gasteiger partial charge is 0.274 e. The molecule has 2 aromatic rings. The molecule has 4 heteroatoms. The van der Waals surface area contributed by atoms with E-state index in [4.69, 9.17) is 0 Å². The van der Waals surface area contributed by atoms with E-state index in [0.717, 1.165) is 23.4 Å². The molecule has 0 saturated heterocycles. The number of nitrogens with zero attached hydrogens (tertiary/aromatic N) is 3. The third-order valence-corrected chi connectivity index (χ3v) is 2.90. The number of carbonyl (C=O) groups excluding carboxylic acids is 1. The quantitative estimate of drug-likeness (QED) is 0.724. The monoisotopic (exact) mass is 213 g/mol. The highest BCUT2D eigenvalue weighted by Crippen LogP contribution is 2.28. The van der Waals surface area contributed by atoms with Crippen LogP contribution in [0.2, 0.25) is 0 Å². The predicted molar refractivity (Wildman–Crippen MR) is 59.2 cm³/mol. The van der Waals surface area contributed by atoms with Gasteiger partial charge in [0.25, 0.3) is 0 Å². The maximum absolute atomic E-state index is 12.0. The number of carbonyl (C=O) groups is 1. The third kappa shape index (κ3) is 1.13. The summed E-state index contributed by atoms with van der Waals surface area (Å²) >= 11 is 0. The SMILES string of the molecule is CCc1nnc2n1C(=O)Cc1ccccc1-2. The van der Waals surface area contributed by atoms with Gasteiger partial charge >= 0.3 is 0 Å². The molecule has 3 rings (SSSR count). The first-order valence-corrected chi connectivity index (χ1v) is 5.37. The maximum atomic E-state index is 12.0. The van der Waals surface area contributed by atoms with Crippen molar-refractivity contribution in [3.63, 3.8) is 0 Å². The van der Waals surface area contributed by atoms with Crippen LogP contribution in [-0.2, 0) is 12.8 Å². The minimum Gasteiger partial charge on any atom is -0.274 e. The van der Waals surface area contributed by atoms with Crippen molar-refractivity contribution in [2.24, 2.45) is 0 Å². The standard InChI is InChI=1S/C12H11N3O/c1-2-10-13-14-12-9-6-4-3-5-8(9)7-11(16)15(10)12/h3-6H,2,7H2,1H3. The van der Waals surface area contributed by atoms with Crippen LogP contribution in [-0.4, -0.2) is 20.7 Å². The number of hydrogen-bond donors (Lipinski definition) is 0. The van der Waals surface area contributed by atoms with Gasteiger partial charge in [0.15, 0.2) is 5.82 Å². The summed E-state index contributed by atoms with van der Waals surface area (Å²) in [7, 11) is 0. The maximum Gasteiger partial charge on any atom is 0.238 e. The van der Waals surface area contributed by atoms with Crippen LogP contribution in [0.25, 0.3) is 11.4 Å². The Morgan fingerprint density at radius 1 is 1.31 bits per heavy atom. The van der Waals surface area contributed by atoms with E-state index in [-0.39, 0.29) is 5.91 Å². The fourth-order valence-electron chi connectivity index (χ4n) is 2.12. The summed E-state index contributed by atoms with van der Waals surface area (Å²) in [6, 6.07) is 7.86. The lowest BCUT2D eigenvalue weighted by atomic mass is 10.0. The van der Waals surface area contributed by atoms with E-state index >= 15 is 0 Å². The Labute approximate surface area is 92.9 Å². The van der Waals surface area contributed by atoms with E-state index in [1.54, 1.807) is 4.57 Å². The molecule has 0 amide bonds. The summed E-state index contributed by atoms with van der Waals surface area (Å²) in [5, 5.41) is 8.17. The zero-order valence-electron chi connectivity index (χ0n) is 8.97. The van der Waals surface area contributed by atoms with E-state index < -0.39 is 0 Å². The summed E-state index contributed by atoms with van der Waals surface area (Å²) in [5.41, 5.74) is 2.06. The number of benzene rings is 1. The normalized spacial score (nSPS) is 13.4. The molecule has 0 saturated carbocycles. The van der Waals surface area contributed by atoms with Crippen LogP contribution < -0.4 is 0 Å². The van der Waals surface area contributed by atoms with Gasteiger partial charge < -0.3 is 0 Å². The molecular formula is C12H11N3O. The second kappa shape index (κ2) is 3.27. The highest BCUT2D eigenvalue weighted by Gasteiger charge is 2.25. The van der Waals surface area contributed by atoms with Gasteiger partial charge in [0.05, 0.1) is 6.42 Å². The van der Waals surface area contributed by atoms with E-state index in [2.05, 4.69) is 10.2 Å². The van der Waals surface area contributed by atoms with Crippen LogP contribution in [0.5, 0.6) is 0 Å². The van der Waals surface area contributed by atoms with E-state index in [9.17, 15) is 4.79 Å². The van der Waals surface area contributed by atoms with Crippen LogP contribution in [0.1, 0.15) is 23.1 Å². The summed E-state index contributed by atoms with van der Waals surface area (Å²) in [6.45, 7) is 1.98. The molecular weight excluding hydrogens is 202 g/mol. The summed E-state index contributed by atoms with van der Waals surface area (Å²) in [6.07, 6.45) is 1.16. The van der Waals surface area contributed by atoms with Gasteiger partial charge in [-0.2, -0.15) is 0 Å². The molecule has 1 aliphatic heterocycles. The number of rotatable bonds is 1. The molecule has 0 spiro atoms. The van der Waals surface area contributed by atoms with Gasteiger partial charge in [0.2, 0.25) is 5.91 Å². The number of fused-ring (bicyclic) bond motifs is 3. The third-order valence-electron chi connectivity index (χ3n) is 2.90. The van der Waals surface area contributed by atoms with Crippen molar-refractivity contribution in [3.8, 4) is 11.4 Å². The molecule has 0 unspecified atom stereocenters. The van der Waals surface area contributed by atoms with E-state index in [1.807, 2.05) is 31.2 Å². The van der Waals surface area contributed by atoms with Crippen molar-refractivity contribution < 1.29 is 4.79 Å². The molecule has 0 atom stereocenters. The second-order valence-electron chi connectivity index (χ2n) is 3.86. The van der Waals surface area contributed by atoms with Crippen molar-refractivity contribution >= 4 is 5.91 Å². The van der Waals surface area contributed by atoms with Crippen molar-refractivity contribution in [3.05, 3.63) is 35.7 Å². The Bertz CT molecular complexity index is 571. The van der Waals surface area contributed by atoms with E-state index in [0.29, 0.717) is 12.2 Å². The van der Waals surface area contributed by atoms with Gasteiger partial charge in [-0.05, 0) is 5.56 Å². The lowest BCUT2D eigenvalue weighted by Gasteiger charge is -2.16. The molecule has 0 radical (unpaired) electrons. The average Bonchev–Trinajstić information content (AvgIpc) is 2.74. The van der Waals surface area contributed by atoms with E-state index in [1.165, 1.54) is 0 Å². The first-order valence-electron chi connectivity index (χ1n) is 5.37. The lowest BCUT2D eigenvalue weighted by molar-refractivity contribution is 0.0909. The molecule has 0 bridgehead atoms. The highest BCUT2D eigenvalue weighted by molar-refractivity contribution is 5.90. The fraction of sp³-hybridized carbons (Fsp3) is 0.250. The first kappa shape index (κ1) is 9.27. The van der Waals surface area contributed by atoms with Gasteiger partial charge in [0, 0.05) is 12.0 Å². The van der Waals surface area contributed by atoms with Gasteiger partial charge in [0.1, 0.15) is 5.82 Å². The molecule has 80 valence electrons. The molecule has 1 aromatic heterocycles. The summed E-state index contributed by atoms with van der Waals surface area (Å²) in [4.78, 5) is 12.0. The lowest BCUT2D eigenvalue weighted by Crippen LogP contribution is -2.22. The number of hydrogen-bond acceptors (Lipinski definition) is 3. The molecule has 0 N–H and O–H groups in total. The van der Waals surface area contributed by atoms with Crippen LogP contribution in [0.15, 0.2) is 24.3 Å². The smallest absolute Gasteiger partial charge is 0.238 e. The molecule has 1 aromatic carbocycles. The van der Waals surface area contributed by atoms with Crippen molar-refractivity contribution in [2.45, 2.75) is 19.8 Å². The Morgan fingerprint density at radius 3 is 2.94 bits per heavy atom. The first-order chi connectivity index (χ1) is 7.81. The van der Waals surface area contributed by atoms with Crippen molar-refractivity contribution in [1.29, 1.82) is 0 Å². The summed E-state index contributed by atoms with van der Waals surface area (Å²) in [5.74, 6) is 1.49. The van der Waals surface area contributed by atoms with Crippen LogP contribution >= 0.6 is 0 Å². The molecule has 2 heterocycles. The number of aryl methyl sites for hydroxylation is 1. The molecule has 0 aliphatic carbocycles. The Morgan fingerprint density at radius 2 is 2.12 bits per heavy atom. The Kier molecular flexibility index (Phi) is 1.89. The summed E-state index contributed by atoms with van der Waals surface area (Å²) < 4.78 is 1.64. The van der Waals surface area contributed by atoms with Gasteiger partial charge in [-0.15, -0.1) is 10.2 Å². The van der Waals surface area contributed by atoms with Gasteiger partial charge in [-0.25, -0.2) is 4.57 Å². The van der Waals surface area contributed by atoms with Crippen molar-refractivity contribution in [1.82, 2.24) is 14.8 Å². The second-order valence-corrected chi connectivity index (χ2v) is 3.86. The van der Waals surface area contributed by atoms with Crippen LogP contribution in [0, 0.1) is 0 Å². The van der Waals surface area contributed by atoms with Crippen LogP contribution in [0.4, 0.5) is 0 Å². The Hall–Kier alpha value is -1.97. The Balaban J connectivity index is 2.29. The topological polar surface area (TPSA) is 47.8 Å². The highest BCUT2D eigenvalue weighted by atomic mass is 16.2. The van der Waals surface area contributed by atoms with Gasteiger partial charge in [-0.1, -0.05) is 31.2 Å². The minimum absolute atomic E-state index is 0.0653. The fourth-order valence-corrected chi connectivity index (χ4v) is 2.12. The molecule has 16 heavy (non-hydrogen) atoms. The average molecular weight is 213 g/mol. The molecule has 1 aliphatic rings. The van der Waals surface area contributed by atoms with Crippen LogP contribution in [0.3, 0.4) is 0 Å². The zero-order valence-corrected chi connectivity index (χ0v) is 8.97. The predicted octanol–water partition coefficient (Wildman–Crippen LogP) is 1.70.